The van der Waals surface area contributed by atoms with Crippen molar-refractivity contribution in [1.82, 2.24) is 15.5 Å². The van der Waals surface area contributed by atoms with Gasteiger partial charge in [-0.15, -0.1) is 0 Å². The molecule has 0 radical (unpaired) electrons. The fraction of sp³-hybridized carbons (Fsp3) is 0.750. The number of nitrogens with zero attached hydrogens (tertiary/aromatic N) is 2. The van der Waals surface area contributed by atoms with Gasteiger partial charge in [-0.25, -0.2) is 0 Å². The SMILES string of the molecule is CC(c1nc(C(F)(F)F)no1)C1CNC1. The lowest BCUT2D eigenvalue weighted by atomic mass is 9.89. The summed E-state index contributed by atoms with van der Waals surface area (Å²) in [5, 5.41) is 5.95. The molecule has 1 N–H and O–H groups in total. The van der Waals surface area contributed by atoms with Crippen LogP contribution in [0.15, 0.2) is 4.52 Å². The molecule has 4 nitrogen and oxygen atoms in total. The first-order valence-corrected chi connectivity index (χ1v) is 4.60. The van der Waals surface area contributed by atoms with Gasteiger partial charge in [-0.05, 0) is 19.0 Å². The molecule has 7 heteroatoms. The zero-order chi connectivity index (χ0) is 11.1. The highest BCUT2D eigenvalue weighted by atomic mass is 19.4. The normalized spacial score (nSPS) is 20.0. The lowest BCUT2D eigenvalue weighted by Crippen LogP contribution is -2.44. The Morgan fingerprint density at radius 1 is 1.47 bits per heavy atom. The molecule has 84 valence electrons. The summed E-state index contributed by atoms with van der Waals surface area (Å²) >= 11 is 0. The van der Waals surface area contributed by atoms with Crippen LogP contribution in [0.3, 0.4) is 0 Å². The average Bonchev–Trinajstić information content (AvgIpc) is 2.46. The van der Waals surface area contributed by atoms with Gasteiger partial charge in [0.25, 0.3) is 5.82 Å². The van der Waals surface area contributed by atoms with Gasteiger partial charge in [0.1, 0.15) is 0 Å². The van der Waals surface area contributed by atoms with E-state index in [1.54, 1.807) is 6.92 Å². The van der Waals surface area contributed by atoms with E-state index in [0.29, 0.717) is 0 Å². The van der Waals surface area contributed by atoms with E-state index in [0.717, 1.165) is 13.1 Å². The van der Waals surface area contributed by atoms with Crippen LogP contribution in [-0.4, -0.2) is 23.2 Å². The van der Waals surface area contributed by atoms with E-state index in [4.69, 9.17) is 0 Å². The molecule has 15 heavy (non-hydrogen) atoms. The third-order valence-electron chi connectivity index (χ3n) is 2.60. The zero-order valence-corrected chi connectivity index (χ0v) is 8.01. The number of halogens is 3. The smallest absolute Gasteiger partial charge is 0.339 e. The van der Waals surface area contributed by atoms with Crippen LogP contribution in [-0.2, 0) is 6.18 Å². The molecule has 0 aliphatic carbocycles. The van der Waals surface area contributed by atoms with Crippen LogP contribution in [0, 0.1) is 5.92 Å². The van der Waals surface area contributed by atoms with Crippen LogP contribution < -0.4 is 5.32 Å². The first kappa shape index (κ1) is 10.4. The van der Waals surface area contributed by atoms with Gasteiger partial charge in [-0.3, -0.25) is 0 Å². The number of hydrogen-bond acceptors (Lipinski definition) is 4. The molecule has 1 aromatic rings. The Morgan fingerprint density at radius 3 is 2.53 bits per heavy atom. The maximum atomic E-state index is 12.2. The third kappa shape index (κ3) is 1.97. The molecule has 1 saturated heterocycles. The Bertz CT molecular complexity index is 345. The molecule has 0 amide bonds. The van der Waals surface area contributed by atoms with Gasteiger partial charge in [-0.1, -0.05) is 12.1 Å². The Morgan fingerprint density at radius 2 is 2.13 bits per heavy atom. The summed E-state index contributed by atoms with van der Waals surface area (Å²) in [4.78, 5) is 3.35. The highest BCUT2D eigenvalue weighted by Crippen LogP contribution is 2.30. The average molecular weight is 221 g/mol. The van der Waals surface area contributed by atoms with Crippen LogP contribution in [0.4, 0.5) is 13.2 Å². The first-order chi connectivity index (χ1) is 6.98. The van der Waals surface area contributed by atoms with E-state index in [2.05, 4.69) is 20.0 Å². The minimum absolute atomic E-state index is 0.0637. The van der Waals surface area contributed by atoms with Crippen LogP contribution in [0.1, 0.15) is 24.6 Å². The Kier molecular flexibility index (Phi) is 2.41. The molecule has 2 rings (SSSR count). The monoisotopic (exact) mass is 221 g/mol. The van der Waals surface area contributed by atoms with Gasteiger partial charge in [0.2, 0.25) is 5.89 Å². The van der Waals surface area contributed by atoms with E-state index in [9.17, 15) is 13.2 Å². The molecule has 1 aromatic heterocycles. The van der Waals surface area contributed by atoms with Crippen LogP contribution in [0.25, 0.3) is 0 Å². The number of nitrogens with one attached hydrogen (secondary N) is 1. The van der Waals surface area contributed by atoms with Crippen molar-refractivity contribution in [3.8, 4) is 0 Å². The van der Waals surface area contributed by atoms with Gasteiger partial charge in [0.15, 0.2) is 0 Å². The van der Waals surface area contributed by atoms with Gasteiger partial charge in [-0.2, -0.15) is 18.2 Å². The van der Waals surface area contributed by atoms with Gasteiger partial charge >= 0.3 is 6.18 Å². The van der Waals surface area contributed by atoms with Crippen LogP contribution >= 0.6 is 0 Å². The van der Waals surface area contributed by atoms with Crippen molar-refractivity contribution in [2.75, 3.05) is 13.1 Å². The largest absolute Gasteiger partial charge is 0.455 e. The van der Waals surface area contributed by atoms with E-state index in [-0.39, 0.29) is 17.7 Å². The second kappa shape index (κ2) is 3.48. The fourth-order valence-corrected chi connectivity index (χ4v) is 1.40. The molecule has 1 aliphatic rings. The Hall–Kier alpha value is -1.11. The van der Waals surface area contributed by atoms with Gasteiger partial charge in [0, 0.05) is 5.92 Å². The van der Waals surface area contributed by atoms with Crippen LogP contribution in [0.5, 0.6) is 0 Å². The summed E-state index contributed by atoms with van der Waals surface area (Å²) < 4.78 is 41.1. The number of aromatic nitrogens is 2. The second-order valence-electron chi connectivity index (χ2n) is 3.66. The van der Waals surface area contributed by atoms with Crippen LogP contribution in [0.2, 0.25) is 0 Å². The van der Waals surface area contributed by atoms with E-state index < -0.39 is 12.0 Å². The minimum atomic E-state index is -4.53. The lowest BCUT2D eigenvalue weighted by molar-refractivity contribution is -0.146. The second-order valence-corrected chi connectivity index (χ2v) is 3.66. The molecule has 0 spiro atoms. The van der Waals surface area contributed by atoms with Crippen molar-refractivity contribution in [2.24, 2.45) is 5.92 Å². The summed E-state index contributed by atoms with van der Waals surface area (Å²) in [6.45, 7) is 3.36. The van der Waals surface area contributed by atoms with Crippen molar-refractivity contribution in [3.63, 3.8) is 0 Å². The molecule has 2 heterocycles. The third-order valence-corrected chi connectivity index (χ3v) is 2.60. The maximum Gasteiger partial charge on any atom is 0.455 e. The van der Waals surface area contributed by atoms with E-state index in [1.165, 1.54) is 0 Å². The number of alkyl halides is 3. The standard InChI is InChI=1S/C8H10F3N3O/c1-4(5-2-12-3-5)6-13-7(14-15-6)8(9,10)11/h4-5,12H,2-3H2,1H3. The first-order valence-electron chi connectivity index (χ1n) is 4.60. The number of hydrogen-bond donors (Lipinski definition) is 1. The summed E-state index contributed by atoms with van der Waals surface area (Å²) in [6, 6.07) is 0. The van der Waals surface area contributed by atoms with Gasteiger partial charge in [0.05, 0.1) is 0 Å². The Balaban J connectivity index is 2.12. The van der Waals surface area contributed by atoms with Crippen molar-refractivity contribution in [1.29, 1.82) is 0 Å². The quantitative estimate of drug-likeness (QED) is 0.820. The highest BCUT2D eigenvalue weighted by molar-refractivity contribution is 5.00. The van der Waals surface area contributed by atoms with Crippen molar-refractivity contribution in [3.05, 3.63) is 11.7 Å². The Labute approximate surface area is 83.8 Å². The molecule has 1 unspecified atom stereocenters. The maximum absolute atomic E-state index is 12.2. The number of rotatable bonds is 2. The summed E-state index contributed by atoms with van der Waals surface area (Å²) in [6.07, 6.45) is -4.53. The summed E-state index contributed by atoms with van der Waals surface area (Å²) in [5.41, 5.74) is 0. The molecule has 1 aliphatic heterocycles. The molecule has 0 aromatic carbocycles. The molecular formula is C8H10F3N3O. The molecule has 0 bridgehead atoms. The minimum Gasteiger partial charge on any atom is -0.339 e. The van der Waals surface area contributed by atoms with Gasteiger partial charge < -0.3 is 9.84 Å². The molecule has 0 saturated carbocycles. The topological polar surface area (TPSA) is 51.0 Å². The predicted molar refractivity (Wildman–Crippen MR) is 44.1 cm³/mol. The molecule has 1 fully saturated rings. The highest BCUT2D eigenvalue weighted by Gasteiger charge is 2.38. The zero-order valence-electron chi connectivity index (χ0n) is 8.01. The molecular weight excluding hydrogens is 211 g/mol. The summed E-state index contributed by atoms with van der Waals surface area (Å²) in [7, 11) is 0. The van der Waals surface area contributed by atoms with Crippen molar-refractivity contribution >= 4 is 0 Å². The van der Waals surface area contributed by atoms with Crippen molar-refractivity contribution in [2.45, 2.75) is 19.0 Å². The van der Waals surface area contributed by atoms with E-state index >= 15 is 0 Å². The van der Waals surface area contributed by atoms with Crippen molar-refractivity contribution < 1.29 is 17.7 Å². The fourth-order valence-electron chi connectivity index (χ4n) is 1.40. The lowest BCUT2D eigenvalue weighted by Gasteiger charge is -2.30. The predicted octanol–water partition coefficient (Wildman–Crippen LogP) is 1.41. The van der Waals surface area contributed by atoms with E-state index in [1.807, 2.05) is 0 Å². The molecule has 1 atom stereocenters. The summed E-state index contributed by atoms with van der Waals surface area (Å²) in [5.74, 6) is -0.980.